The Balaban J connectivity index is 2.01. The zero-order chi connectivity index (χ0) is 18.8. The smallest absolute Gasteiger partial charge is 0.297 e. The molecule has 8 heteroatoms. The molecule has 0 saturated carbocycles. The highest BCUT2D eigenvalue weighted by Gasteiger charge is 2.25. The Morgan fingerprint density at radius 2 is 2.08 bits per heavy atom. The van der Waals surface area contributed by atoms with Crippen molar-refractivity contribution in [1.29, 1.82) is 0 Å². The molecule has 1 atom stereocenters. The molecule has 2 aromatic heterocycles. The molecule has 0 fully saturated rings. The fraction of sp³-hybridized carbons (Fsp3) is 0.333. The number of nitrogens with one attached hydrogen (secondary N) is 1. The number of para-hydroxylation sites is 2. The van der Waals surface area contributed by atoms with E-state index in [0.717, 1.165) is 0 Å². The van der Waals surface area contributed by atoms with Crippen LogP contribution in [0.2, 0.25) is 0 Å². The Morgan fingerprint density at radius 3 is 2.77 bits per heavy atom. The van der Waals surface area contributed by atoms with Crippen LogP contribution in [0.25, 0.3) is 10.9 Å². The first-order valence-corrected chi connectivity index (χ1v) is 8.27. The van der Waals surface area contributed by atoms with Crippen molar-refractivity contribution in [3.63, 3.8) is 0 Å². The van der Waals surface area contributed by atoms with Crippen LogP contribution in [0.1, 0.15) is 30.8 Å². The van der Waals surface area contributed by atoms with Crippen molar-refractivity contribution < 1.29 is 14.1 Å². The number of rotatable bonds is 5. The van der Waals surface area contributed by atoms with E-state index in [9.17, 15) is 9.59 Å². The van der Waals surface area contributed by atoms with Crippen molar-refractivity contribution in [3.05, 3.63) is 46.1 Å². The monoisotopic (exact) mass is 356 g/mol. The maximum Gasteiger partial charge on any atom is 0.297 e. The number of carbonyl (C=O) groups is 1. The molecule has 136 valence electrons. The maximum atomic E-state index is 12.8. The highest BCUT2D eigenvalue weighted by molar-refractivity contribution is 5.95. The van der Waals surface area contributed by atoms with Crippen LogP contribution in [0, 0.1) is 13.8 Å². The lowest BCUT2D eigenvalue weighted by Gasteiger charge is -2.18. The molecule has 0 unspecified atom stereocenters. The zero-order valence-electron chi connectivity index (χ0n) is 15.1. The second-order valence-corrected chi connectivity index (χ2v) is 5.91. The van der Waals surface area contributed by atoms with Gasteiger partial charge in [0.25, 0.3) is 5.56 Å². The summed E-state index contributed by atoms with van der Waals surface area (Å²) in [6.45, 7) is 5.29. The van der Waals surface area contributed by atoms with Gasteiger partial charge in [-0.05, 0) is 32.4 Å². The van der Waals surface area contributed by atoms with Gasteiger partial charge in [0.05, 0.1) is 23.9 Å². The number of benzene rings is 1. The molecule has 26 heavy (non-hydrogen) atoms. The van der Waals surface area contributed by atoms with Crippen LogP contribution in [0.5, 0.6) is 5.75 Å². The number of fused-ring (bicyclic) bond motifs is 1. The van der Waals surface area contributed by atoms with Gasteiger partial charge in [-0.3, -0.25) is 9.59 Å². The molecule has 1 N–H and O–H groups in total. The van der Waals surface area contributed by atoms with Crippen molar-refractivity contribution >= 4 is 22.5 Å². The quantitative estimate of drug-likeness (QED) is 0.754. The van der Waals surface area contributed by atoms with E-state index in [0.29, 0.717) is 34.7 Å². The number of hydrogen-bond donors (Lipinski definition) is 1. The largest absolute Gasteiger partial charge is 0.495 e. The van der Waals surface area contributed by atoms with Crippen LogP contribution in [0.3, 0.4) is 0 Å². The number of methoxy groups -OCH3 is 1. The van der Waals surface area contributed by atoms with Gasteiger partial charge in [0.1, 0.15) is 17.6 Å². The summed E-state index contributed by atoms with van der Waals surface area (Å²) in [5.41, 5.74) is 0.839. The van der Waals surface area contributed by atoms with E-state index in [1.165, 1.54) is 11.8 Å². The maximum absolute atomic E-state index is 12.8. The molecular formula is C18H20N4O4. The Labute approximate surface area is 149 Å². The van der Waals surface area contributed by atoms with Gasteiger partial charge in [0, 0.05) is 0 Å². The van der Waals surface area contributed by atoms with E-state index in [4.69, 9.17) is 9.26 Å². The predicted molar refractivity (Wildman–Crippen MR) is 96.5 cm³/mol. The third kappa shape index (κ3) is 2.94. The fourth-order valence-corrected chi connectivity index (χ4v) is 2.95. The Kier molecular flexibility index (Phi) is 4.75. The third-order valence-corrected chi connectivity index (χ3v) is 4.24. The standard InChI is InChI=1S/C18H20N4O4/c1-5-13(17(23)19-12-8-6-7-9-14(12)25-4)22-18(24)16-15(10(2)20-22)11(3)26-21-16/h6-9,13H,5H2,1-4H3,(H,19,23)/t13-/m1/s1. The summed E-state index contributed by atoms with van der Waals surface area (Å²) in [5, 5.41) is 11.5. The minimum atomic E-state index is -0.785. The summed E-state index contributed by atoms with van der Waals surface area (Å²) in [4.78, 5) is 25.6. The third-order valence-electron chi connectivity index (χ3n) is 4.24. The summed E-state index contributed by atoms with van der Waals surface area (Å²) >= 11 is 0. The number of ether oxygens (including phenoxy) is 1. The van der Waals surface area contributed by atoms with Crippen molar-refractivity contribution in [3.8, 4) is 5.75 Å². The number of nitrogens with zero attached hydrogens (tertiary/aromatic N) is 3. The van der Waals surface area contributed by atoms with E-state index in [2.05, 4.69) is 15.6 Å². The SMILES string of the molecule is CC[C@H](C(=O)Nc1ccccc1OC)n1nc(C)c2c(C)onc2c1=O. The minimum Gasteiger partial charge on any atom is -0.495 e. The van der Waals surface area contributed by atoms with Crippen molar-refractivity contribution in [2.24, 2.45) is 0 Å². The summed E-state index contributed by atoms with van der Waals surface area (Å²) in [5.74, 6) is 0.709. The lowest BCUT2D eigenvalue weighted by atomic mass is 10.2. The zero-order valence-corrected chi connectivity index (χ0v) is 15.1. The van der Waals surface area contributed by atoms with Gasteiger partial charge in [0.15, 0.2) is 5.52 Å². The lowest BCUT2D eigenvalue weighted by molar-refractivity contribution is -0.119. The topological polar surface area (TPSA) is 99.2 Å². The fourth-order valence-electron chi connectivity index (χ4n) is 2.95. The molecule has 0 spiro atoms. The number of aromatic nitrogens is 3. The Bertz CT molecular complexity index is 1020. The highest BCUT2D eigenvalue weighted by Crippen LogP contribution is 2.25. The first kappa shape index (κ1) is 17.7. The summed E-state index contributed by atoms with van der Waals surface area (Å²) in [7, 11) is 1.53. The van der Waals surface area contributed by atoms with Crippen LogP contribution in [-0.2, 0) is 4.79 Å². The van der Waals surface area contributed by atoms with E-state index >= 15 is 0 Å². The van der Waals surface area contributed by atoms with Crippen molar-refractivity contribution in [2.45, 2.75) is 33.2 Å². The molecule has 1 aromatic carbocycles. The minimum absolute atomic E-state index is 0.179. The number of anilines is 1. The van der Waals surface area contributed by atoms with E-state index < -0.39 is 11.6 Å². The number of carbonyl (C=O) groups excluding carboxylic acids is 1. The molecular weight excluding hydrogens is 336 g/mol. The molecule has 0 aliphatic carbocycles. The second kappa shape index (κ2) is 6.99. The molecule has 0 radical (unpaired) electrons. The highest BCUT2D eigenvalue weighted by atomic mass is 16.5. The van der Waals surface area contributed by atoms with Crippen LogP contribution in [0.15, 0.2) is 33.6 Å². The average molecular weight is 356 g/mol. The second-order valence-electron chi connectivity index (χ2n) is 5.91. The van der Waals surface area contributed by atoms with Gasteiger partial charge in [-0.1, -0.05) is 24.2 Å². The number of hydrogen-bond acceptors (Lipinski definition) is 6. The molecule has 2 heterocycles. The van der Waals surface area contributed by atoms with Crippen LogP contribution >= 0.6 is 0 Å². The van der Waals surface area contributed by atoms with E-state index in [1.54, 1.807) is 32.0 Å². The number of amides is 1. The van der Waals surface area contributed by atoms with Crippen LogP contribution in [-0.4, -0.2) is 28.0 Å². The van der Waals surface area contributed by atoms with Gasteiger partial charge in [-0.2, -0.15) is 5.10 Å². The van der Waals surface area contributed by atoms with Crippen LogP contribution < -0.4 is 15.6 Å². The van der Waals surface area contributed by atoms with Crippen molar-refractivity contribution in [2.75, 3.05) is 12.4 Å². The van der Waals surface area contributed by atoms with Gasteiger partial charge in [-0.15, -0.1) is 0 Å². The summed E-state index contributed by atoms with van der Waals surface area (Å²) < 4.78 is 11.5. The average Bonchev–Trinajstić information content (AvgIpc) is 3.03. The van der Waals surface area contributed by atoms with E-state index in [1.807, 2.05) is 13.0 Å². The molecule has 0 aliphatic heterocycles. The van der Waals surface area contributed by atoms with Gasteiger partial charge < -0.3 is 14.6 Å². The normalized spacial score (nSPS) is 12.2. The first-order chi connectivity index (χ1) is 12.5. The van der Waals surface area contributed by atoms with Gasteiger partial charge in [-0.25, -0.2) is 4.68 Å². The van der Waals surface area contributed by atoms with Crippen LogP contribution in [0.4, 0.5) is 5.69 Å². The molecule has 8 nitrogen and oxygen atoms in total. The summed E-state index contributed by atoms with van der Waals surface area (Å²) in [6.07, 6.45) is 0.385. The molecule has 3 aromatic rings. The Hall–Kier alpha value is -3.16. The molecule has 0 saturated heterocycles. The van der Waals surface area contributed by atoms with Gasteiger partial charge in [0.2, 0.25) is 5.91 Å². The lowest BCUT2D eigenvalue weighted by Crippen LogP contribution is -2.35. The first-order valence-electron chi connectivity index (χ1n) is 8.27. The van der Waals surface area contributed by atoms with Crippen molar-refractivity contribution in [1.82, 2.24) is 14.9 Å². The summed E-state index contributed by atoms with van der Waals surface area (Å²) in [6, 6.07) is 6.29. The van der Waals surface area contributed by atoms with Gasteiger partial charge >= 0.3 is 0 Å². The predicted octanol–water partition coefficient (Wildman–Crippen LogP) is 2.60. The number of aryl methyl sites for hydroxylation is 2. The molecule has 0 aliphatic rings. The Morgan fingerprint density at radius 1 is 1.35 bits per heavy atom. The molecule has 0 bridgehead atoms. The van der Waals surface area contributed by atoms with E-state index in [-0.39, 0.29) is 11.4 Å². The molecule has 1 amide bonds. The molecule has 3 rings (SSSR count).